The van der Waals surface area contributed by atoms with Gasteiger partial charge in [-0.3, -0.25) is 4.79 Å². The number of allylic oxidation sites excluding steroid dienone is 4. The topological polar surface area (TPSA) is 17.1 Å². The number of hydrogen-bond acceptors (Lipinski definition) is 1. The van der Waals surface area contributed by atoms with Gasteiger partial charge in [0.15, 0.2) is 5.78 Å². The molecule has 0 aromatic heterocycles. The molecule has 0 radical (unpaired) electrons. The quantitative estimate of drug-likeness (QED) is 0.413. The van der Waals surface area contributed by atoms with Gasteiger partial charge in [-0.1, -0.05) is 38.5 Å². The summed E-state index contributed by atoms with van der Waals surface area (Å²) >= 11 is 0. The van der Waals surface area contributed by atoms with Crippen molar-refractivity contribution < 1.29 is 4.79 Å². The first kappa shape index (κ1) is 15.7. The molecule has 6 atom stereocenters. The van der Waals surface area contributed by atoms with Crippen LogP contribution in [0.4, 0.5) is 0 Å². The van der Waals surface area contributed by atoms with Crippen LogP contribution in [0, 0.1) is 34.5 Å². The van der Waals surface area contributed by atoms with Crippen LogP contribution >= 0.6 is 0 Å². The monoisotopic (exact) mass is 312 g/mol. The molecule has 0 aromatic carbocycles. The molecule has 0 heterocycles. The minimum absolute atomic E-state index is 0.163. The van der Waals surface area contributed by atoms with Crippen LogP contribution in [-0.4, -0.2) is 5.78 Å². The highest BCUT2D eigenvalue weighted by Gasteiger charge is 2.58. The Kier molecular flexibility index (Phi) is 3.45. The van der Waals surface area contributed by atoms with Gasteiger partial charge in [-0.15, -0.1) is 0 Å². The van der Waals surface area contributed by atoms with E-state index in [0.717, 1.165) is 29.7 Å². The Balaban J connectivity index is 1.71. The minimum Gasteiger partial charge on any atom is -0.295 e. The summed E-state index contributed by atoms with van der Waals surface area (Å²) in [4.78, 5) is 12.6. The maximum Gasteiger partial charge on any atom is 0.159 e. The Morgan fingerprint density at radius 3 is 2.57 bits per heavy atom. The zero-order chi connectivity index (χ0) is 16.4. The van der Waals surface area contributed by atoms with E-state index in [1.54, 1.807) is 5.57 Å². The number of hydrogen-bond donors (Lipinski definition) is 0. The molecular weight excluding hydrogens is 280 g/mol. The lowest BCUT2D eigenvalue weighted by atomic mass is 9.47. The van der Waals surface area contributed by atoms with E-state index in [2.05, 4.69) is 39.8 Å². The third kappa shape index (κ3) is 2.01. The first-order valence-corrected chi connectivity index (χ1v) is 9.79. The van der Waals surface area contributed by atoms with E-state index >= 15 is 0 Å². The van der Waals surface area contributed by atoms with Gasteiger partial charge >= 0.3 is 0 Å². The lowest BCUT2D eigenvalue weighted by Crippen LogP contribution is -2.49. The molecule has 3 saturated carbocycles. The summed E-state index contributed by atoms with van der Waals surface area (Å²) in [5.41, 5.74) is 3.50. The zero-order valence-corrected chi connectivity index (χ0v) is 15.3. The molecule has 4 rings (SSSR count). The van der Waals surface area contributed by atoms with Crippen molar-refractivity contribution >= 4 is 5.78 Å². The molecule has 1 unspecified atom stereocenters. The molecule has 126 valence electrons. The Bertz CT molecular complexity index is 597. The number of fused-ring (bicyclic) bond motifs is 5. The first-order valence-electron chi connectivity index (χ1n) is 9.79. The molecule has 1 nitrogen and oxygen atoms in total. The third-order valence-corrected chi connectivity index (χ3v) is 8.35. The van der Waals surface area contributed by atoms with Crippen LogP contribution in [0.25, 0.3) is 0 Å². The van der Waals surface area contributed by atoms with Gasteiger partial charge in [-0.25, -0.2) is 0 Å². The van der Waals surface area contributed by atoms with E-state index in [1.807, 2.05) is 0 Å². The van der Waals surface area contributed by atoms with E-state index in [1.165, 1.54) is 38.5 Å². The number of carbonyl (C=O) groups is 1. The highest BCUT2D eigenvalue weighted by atomic mass is 16.1. The summed E-state index contributed by atoms with van der Waals surface area (Å²) in [5.74, 6) is 3.45. The largest absolute Gasteiger partial charge is 0.295 e. The predicted octanol–water partition coefficient (Wildman–Crippen LogP) is 5.71. The molecule has 0 amide bonds. The summed E-state index contributed by atoms with van der Waals surface area (Å²) in [6, 6.07) is 0. The Morgan fingerprint density at radius 1 is 1.09 bits per heavy atom. The minimum atomic E-state index is 0.163. The van der Waals surface area contributed by atoms with Crippen molar-refractivity contribution in [2.75, 3.05) is 0 Å². The SMILES string of the molecule is C/C=C1/C(=O)C[C@H]2[C@@H]3CC=C4CC(C)CC[C@]4(C)[C@H]3CC[C@]12C. The maximum absolute atomic E-state index is 12.6. The highest BCUT2D eigenvalue weighted by Crippen LogP contribution is 2.65. The molecule has 3 fully saturated rings. The third-order valence-electron chi connectivity index (χ3n) is 8.35. The molecule has 0 aromatic rings. The van der Waals surface area contributed by atoms with Gasteiger partial charge in [0.1, 0.15) is 0 Å². The molecule has 0 saturated heterocycles. The van der Waals surface area contributed by atoms with E-state index < -0.39 is 0 Å². The van der Waals surface area contributed by atoms with Crippen LogP contribution in [0.5, 0.6) is 0 Å². The average molecular weight is 312 g/mol. The first-order chi connectivity index (χ1) is 10.9. The molecule has 0 N–H and O–H groups in total. The normalized spacial score (nSPS) is 51.0. The van der Waals surface area contributed by atoms with Crippen LogP contribution in [-0.2, 0) is 4.79 Å². The highest BCUT2D eigenvalue weighted by molar-refractivity contribution is 5.99. The van der Waals surface area contributed by atoms with Crippen molar-refractivity contribution in [1.29, 1.82) is 0 Å². The second-order valence-electron chi connectivity index (χ2n) is 9.39. The summed E-state index contributed by atoms with van der Waals surface area (Å²) in [5, 5.41) is 0. The van der Waals surface area contributed by atoms with Crippen molar-refractivity contribution in [3.63, 3.8) is 0 Å². The van der Waals surface area contributed by atoms with Gasteiger partial charge in [-0.2, -0.15) is 0 Å². The fraction of sp³-hybridized carbons (Fsp3) is 0.773. The van der Waals surface area contributed by atoms with Gasteiger partial charge in [0.05, 0.1) is 0 Å². The van der Waals surface area contributed by atoms with Crippen LogP contribution in [0.3, 0.4) is 0 Å². The molecule has 0 aliphatic heterocycles. The Morgan fingerprint density at radius 2 is 1.83 bits per heavy atom. The van der Waals surface area contributed by atoms with E-state index in [0.29, 0.717) is 17.1 Å². The Hall–Kier alpha value is -0.850. The lowest BCUT2D eigenvalue weighted by Gasteiger charge is -2.57. The fourth-order valence-electron chi connectivity index (χ4n) is 6.99. The summed E-state index contributed by atoms with van der Waals surface area (Å²) in [6.45, 7) is 9.42. The molecule has 0 bridgehead atoms. The van der Waals surface area contributed by atoms with Gasteiger partial charge in [0, 0.05) is 6.42 Å². The molecule has 4 aliphatic rings. The second-order valence-corrected chi connectivity index (χ2v) is 9.39. The van der Waals surface area contributed by atoms with Crippen LogP contribution in [0.2, 0.25) is 0 Å². The van der Waals surface area contributed by atoms with Gasteiger partial charge in [-0.05, 0) is 85.5 Å². The van der Waals surface area contributed by atoms with E-state index in [4.69, 9.17) is 0 Å². The van der Waals surface area contributed by atoms with Crippen molar-refractivity contribution in [3.8, 4) is 0 Å². The smallest absolute Gasteiger partial charge is 0.159 e. The summed E-state index contributed by atoms with van der Waals surface area (Å²) < 4.78 is 0. The maximum atomic E-state index is 12.6. The molecule has 23 heavy (non-hydrogen) atoms. The number of Topliss-reactive ketones (excluding diaryl/α,β-unsaturated/α-hetero) is 1. The van der Waals surface area contributed by atoms with E-state index in [9.17, 15) is 4.79 Å². The van der Waals surface area contributed by atoms with Crippen molar-refractivity contribution in [2.24, 2.45) is 34.5 Å². The van der Waals surface area contributed by atoms with Gasteiger partial charge < -0.3 is 0 Å². The van der Waals surface area contributed by atoms with Crippen LogP contribution < -0.4 is 0 Å². The number of ketones is 1. The summed E-state index contributed by atoms with van der Waals surface area (Å²) in [6.07, 6.45) is 13.4. The number of carbonyl (C=O) groups excluding carboxylic acids is 1. The average Bonchev–Trinajstić information content (AvgIpc) is 2.77. The van der Waals surface area contributed by atoms with Crippen molar-refractivity contribution in [1.82, 2.24) is 0 Å². The van der Waals surface area contributed by atoms with Crippen molar-refractivity contribution in [3.05, 3.63) is 23.3 Å². The molecule has 1 heteroatoms. The van der Waals surface area contributed by atoms with Crippen molar-refractivity contribution in [2.45, 2.75) is 72.6 Å². The lowest BCUT2D eigenvalue weighted by molar-refractivity contribution is -0.115. The molecular formula is C22H32O. The second kappa shape index (κ2) is 5.07. The van der Waals surface area contributed by atoms with Gasteiger partial charge in [0.25, 0.3) is 0 Å². The van der Waals surface area contributed by atoms with Crippen LogP contribution in [0.15, 0.2) is 23.3 Å². The van der Waals surface area contributed by atoms with Crippen LogP contribution in [0.1, 0.15) is 72.6 Å². The van der Waals surface area contributed by atoms with E-state index in [-0.39, 0.29) is 5.41 Å². The number of rotatable bonds is 0. The van der Waals surface area contributed by atoms with Gasteiger partial charge in [0.2, 0.25) is 0 Å². The molecule has 4 aliphatic carbocycles. The predicted molar refractivity (Wildman–Crippen MR) is 95.0 cm³/mol. The zero-order valence-electron chi connectivity index (χ0n) is 15.3. The standard InChI is InChI=1S/C22H32O/c1-5-17-20(23)13-19-16-7-6-15-12-14(2)8-10-21(15,3)18(16)9-11-22(17,19)4/h5-6,14,16,18-19H,7-13H2,1-4H3/b17-5-/t14?,16-,18+,19+,21+,22-/m1/s1. The molecule has 0 spiro atoms. The fourth-order valence-corrected chi connectivity index (χ4v) is 6.99. The summed E-state index contributed by atoms with van der Waals surface area (Å²) in [7, 11) is 0. The Labute approximate surface area is 141 Å².